The lowest BCUT2D eigenvalue weighted by atomic mass is 10.1. The summed E-state index contributed by atoms with van der Waals surface area (Å²) in [5, 5.41) is 5.78. The zero-order chi connectivity index (χ0) is 29.5. The van der Waals surface area contributed by atoms with E-state index >= 15 is 0 Å². The van der Waals surface area contributed by atoms with Crippen molar-refractivity contribution in [2.45, 2.75) is 50.4 Å². The van der Waals surface area contributed by atoms with Gasteiger partial charge in [-0.15, -0.1) is 11.8 Å². The van der Waals surface area contributed by atoms with Crippen LogP contribution in [-0.2, 0) is 22.6 Å². The number of thioether (sulfide) groups is 1. The minimum Gasteiger partial charge on any atom is -0.352 e. The van der Waals surface area contributed by atoms with Crippen LogP contribution >= 0.6 is 33.3 Å². The maximum absolute atomic E-state index is 12.6. The van der Waals surface area contributed by atoms with E-state index in [-0.39, 0.29) is 30.3 Å². The first-order valence-electron chi connectivity index (χ1n) is 13.9. The summed E-state index contributed by atoms with van der Waals surface area (Å²) in [6.07, 6.45) is 2.92. The normalized spacial score (nSPS) is 15.2. The standard InChI is InChI=1S/C29H42N6O3S3/c30-24(16-21-7-2-1-3-8-21)18-40-41-19-26(32)28(37)34-17-22-9-6-10-23(15-22)27(36)33-12-5-4-11-25(31)29(38)35-13-14-39-20-35/h1-3,6-10,15,24-26H,4-5,11-14,16-20,30-32H2,(H,33,36)(H,34,37)/t24?,25-,26?/m0/s1. The molecule has 0 aliphatic carbocycles. The Kier molecular flexibility index (Phi) is 14.9. The second-order valence-corrected chi connectivity index (χ2v) is 13.7. The van der Waals surface area contributed by atoms with E-state index in [9.17, 15) is 14.4 Å². The van der Waals surface area contributed by atoms with E-state index in [0.29, 0.717) is 24.3 Å². The summed E-state index contributed by atoms with van der Waals surface area (Å²) in [6, 6.07) is 16.2. The quantitative estimate of drug-likeness (QED) is 0.133. The van der Waals surface area contributed by atoms with Crippen molar-refractivity contribution >= 4 is 51.1 Å². The van der Waals surface area contributed by atoms with Crippen LogP contribution in [0.3, 0.4) is 0 Å². The van der Waals surface area contributed by atoms with Crippen molar-refractivity contribution in [3.8, 4) is 0 Å². The Labute approximate surface area is 255 Å². The number of benzene rings is 2. The zero-order valence-electron chi connectivity index (χ0n) is 23.3. The molecule has 1 heterocycles. The second-order valence-electron chi connectivity index (χ2n) is 10.0. The third-order valence-corrected chi connectivity index (χ3v) is 10.1. The minimum atomic E-state index is -0.637. The molecule has 9 nitrogen and oxygen atoms in total. The third kappa shape index (κ3) is 12.3. The summed E-state index contributed by atoms with van der Waals surface area (Å²) in [6.45, 7) is 1.56. The first kappa shape index (κ1) is 33.3. The first-order chi connectivity index (χ1) is 19.8. The molecule has 0 bridgehead atoms. The summed E-state index contributed by atoms with van der Waals surface area (Å²) in [7, 11) is 3.17. The molecule has 0 spiro atoms. The molecule has 8 N–H and O–H groups in total. The molecule has 3 atom stereocenters. The van der Waals surface area contributed by atoms with Crippen LogP contribution in [-0.4, -0.2) is 77.0 Å². The van der Waals surface area contributed by atoms with Crippen molar-refractivity contribution < 1.29 is 14.4 Å². The lowest BCUT2D eigenvalue weighted by Crippen LogP contribution is -2.42. The fraction of sp³-hybridized carbons (Fsp3) is 0.483. The maximum Gasteiger partial charge on any atom is 0.251 e. The predicted molar refractivity (Wildman–Crippen MR) is 172 cm³/mol. The summed E-state index contributed by atoms with van der Waals surface area (Å²) >= 11 is 1.74. The van der Waals surface area contributed by atoms with Gasteiger partial charge in [0.1, 0.15) is 0 Å². The van der Waals surface area contributed by atoms with Gasteiger partial charge in [-0.1, -0.05) is 64.1 Å². The molecule has 3 amide bonds. The van der Waals surface area contributed by atoms with Gasteiger partial charge in [-0.25, -0.2) is 0 Å². The number of hydrogen-bond acceptors (Lipinski definition) is 9. The average Bonchev–Trinajstić information content (AvgIpc) is 3.53. The van der Waals surface area contributed by atoms with Crippen LogP contribution in [0.2, 0.25) is 0 Å². The fourth-order valence-corrected chi connectivity index (χ4v) is 7.47. The van der Waals surface area contributed by atoms with E-state index in [4.69, 9.17) is 17.2 Å². The predicted octanol–water partition coefficient (Wildman–Crippen LogP) is 2.34. The van der Waals surface area contributed by atoms with Crippen molar-refractivity contribution in [1.82, 2.24) is 15.5 Å². The first-order valence-corrected chi connectivity index (χ1v) is 17.5. The molecule has 1 fully saturated rings. The number of nitrogens with two attached hydrogens (primary N) is 3. The Balaban J connectivity index is 1.28. The summed E-state index contributed by atoms with van der Waals surface area (Å²) in [4.78, 5) is 39.2. The van der Waals surface area contributed by atoms with Crippen LogP contribution in [0.25, 0.3) is 0 Å². The Morgan fingerprint density at radius 1 is 0.902 bits per heavy atom. The van der Waals surface area contributed by atoms with Crippen LogP contribution in [0, 0.1) is 0 Å². The smallest absolute Gasteiger partial charge is 0.251 e. The molecule has 1 saturated heterocycles. The monoisotopic (exact) mass is 618 g/mol. The highest BCUT2D eigenvalue weighted by atomic mass is 33.1. The molecule has 1 aliphatic heterocycles. The summed E-state index contributed by atoms with van der Waals surface area (Å²) < 4.78 is 0. The molecule has 0 radical (unpaired) electrons. The lowest BCUT2D eigenvalue weighted by molar-refractivity contribution is -0.131. The van der Waals surface area contributed by atoms with Gasteiger partial charge in [-0.2, -0.15) is 0 Å². The number of amides is 3. The van der Waals surface area contributed by atoms with E-state index in [2.05, 4.69) is 22.8 Å². The van der Waals surface area contributed by atoms with E-state index in [1.807, 2.05) is 29.2 Å². The molecule has 12 heteroatoms. The Bertz CT molecular complexity index is 1100. The largest absolute Gasteiger partial charge is 0.352 e. The number of nitrogens with one attached hydrogen (secondary N) is 2. The number of unbranched alkanes of at least 4 members (excludes halogenated alkanes) is 1. The molecular weight excluding hydrogens is 577 g/mol. The van der Waals surface area contributed by atoms with Crippen LogP contribution in [0.5, 0.6) is 0 Å². The van der Waals surface area contributed by atoms with E-state index < -0.39 is 12.1 Å². The number of carbonyl (C=O) groups is 3. The number of carbonyl (C=O) groups excluding carboxylic acids is 3. The molecule has 2 aromatic rings. The van der Waals surface area contributed by atoms with Gasteiger partial charge < -0.3 is 32.7 Å². The molecular formula is C29H42N6O3S3. The second kappa shape index (κ2) is 18.3. The van der Waals surface area contributed by atoms with E-state index in [0.717, 1.165) is 48.8 Å². The molecule has 224 valence electrons. The maximum atomic E-state index is 12.6. The van der Waals surface area contributed by atoms with Gasteiger partial charge in [-0.3, -0.25) is 14.4 Å². The van der Waals surface area contributed by atoms with Crippen molar-refractivity contribution in [2.24, 2.45) is 17.2 Å². The van der Waals surface area contributed by atoms with E-state index in [1.54, 1.807) is 51.5 Å². The van der Waals surface area contributed by atoms with Crippen molar-refractivity contribution in [3.05, 3.63) is 71.3 Å². The lowest BCUT2D eigenvalue weighted by Gasteiger charge is -2.19. The summed E-state index contributed by atoms with van der Waals surface area (Å²) in [5.41, 5.74) is 20.9. The molecule has 1 aliphatic rings. The van der Waals surface area contributed by atoms with Gasteiger partial charge in [-0.05, 0) is 48.9 Å². The molecule has 3 rings (SSSR count). The van der Waals surface area contributed by atoms with Gasteiger partial charge in [0.05, 0.1) is 18.0 Å². The number of nitrogens with zero attached hydrogens (tertiary/aromatic N) is 1. The Morgan fingerprint density at radius 2 is 1.66 bits per heavy atom. The van der Waals surface area contributed by atoms with Gasteiger partial charge in [0.15, 0.2) is 0 Å². The molecule has 0 saturated carbocycles. The topological polar surface area (TPSA) is 157 Å². The molecule has 0 aromatic heterocycles. The van der Waals surface area contributed by atoms with Crippen LogP contribution in [0.4, 0.5) is 0 Å². The number of rotatable bonds is 17. The van der Waals surface area contributed by atoms with Gasteiger partial charge in [0.25, 0.3) is 5.91 Å². The minimum absolute atomic E-state index is 0.0146. The molecule has 2 aromatic carbocycles. The molecule has 41 heavy (non-hydrogen) atoms. The highest BCUT2D eigenvalue weighted by Gasteiger charge is 2.23. The van der Waals surface area contributed by atoms with E-state index in [1.165, 1.54) is 5.56 Å². The molecule has 2 unspecified atom stereocenters. The third-order valence-electron chi connectivity index (χ3n) is 6.56. The van der Waals surface area contributed by atoms with Crippen LogP contribution < -0.4 is 27.8 Å². The van der Waals surface area contributed by atoms with Gasteiger partial charge in [0.2, 0.25) is 11.8 Å². The van der Waals surface area contributed by atoms with Crippen LogP contribution in [0.15, 0.2) is 54.6 Å². The highest BCUT2D eigenvalue weighted by Crippen LogP contribution is 2.23. The zero-order valence-corrected chi connectivity index (χ0v) is 25.8. The average molecular weight is 619 g/mol. The number of hydrogen-bond donors (Lipinski definition) is 5. The van der Waals surface area contributed by atoms with Gasteiger partial charge in [0, 0.05) is 48.5 Å². The Hall–Kier alpha value is -2.22. The van der Waals surface area contributed by atoms with Crippen molar-refractivity contribution in [1.29, 1.82) is 0 Å². The Morgan fingerprint density at radius 3 is 2.41 bits per heavy atom. The highest BCUT2D eigenvalue weighted by molar-refractivity contribution is 8.76. The SMILES string of the molecule is NC(CSSCC(N)C(=O)NCc1cccc(C(=O)NCCCC[C@H](N)C(=O)N2CCSC2)c1)Cc1ccccc1. The van der Waals surface area contributed by atoms with Crippen molar-refractivity contribution in [2.75, 3.05) is 36.2 Å². The fourth-order valence-electron chi connectivity index (χ4n) is 4.19. The van der Waals surface area contributed by atoms with Crippen molar-refractivity contribution in [3.63, 3.8) is 0 Å². The summed E-state index contributed by atoms with van der Waals surface area (Å²) in [5.74, 6) is 2.55. The van der Waals surface area contributed by atoms with Crippen LogP contribution in [0.1, 0.15) is 40.7 Å². The van der Waals surface area contributed by atoms with Gasteiger partial charge >= 0.3 is 0 Å².